The van der Waals surface area contributed by atoms with Crippen molar-refractivity contribution in [2.45, 2.75) is 13.3 Å². The first kappa shape index (κ1) is 15.1. The van der Waals surface area contributed by atoms with Crippen molar-refractivity contribution in [1.29, 1.82) is 0 Å². The summed E-state index contributed by atoms with van der Waals surface area (Å²) in [6.45, 7) is 1.71. The van der Waals surface area contributed by atoms with Crippen molar-refractivity contribution in [2.75, 3.05) is 5.32 Å². The Balaban J connectivity index is 2.21. The second-order valence-electron chi connectivity index (χ2n) is 4.75. The number of anilines is 1. The zero-order valence-corrected chi connectivity index (χ0v) is 12.4. The molecule has 1 aromatic heterocycles. The van der Waals surface area contributed by atoms with E-state index in [0.29, 0.717) is 22.0 Å². The van der Waals surface area contributed by atoms with Crippen LogP contribution in [0.5, 0.6) is 0 Å². The molecule has 0 saturated heterocycles. The molecule has 0 saturated carbocycles. The van der Waals surface area contributed by atoms with Gasteiger partial charge in [-0.15, -0.1) is 0 Å². The van der Waals surface area contributed by atoms with Crippen LogP contribution >= 0.6 is 11.6 Å². The normalized spacial score (nSPS) is 10.4. The lowest BCUT2D eigenvalue weighted by Gasteiger charge is -2.08. The number of aryl methyl sites for hydroxylation is 2. The topological polar surface area (TPSA) is 71.3 Å². The number of aromatic nitrogens is 1. The highest BCUT2D eigenvalue weighted by atomic mass is 35.5. The van der Waals surface area contributed by atoms with Crippen LogP contribution in [0.1, 0.15) is 21.6 Å². The van der Waals surface area contributed by atoms with E-state index in [-0.39, 0.29) is 17.9 Å². The number of carbonyl (C=O) groups is 2. The predicted molar refractivity (Wildman–Crippen MR) is 80.9 cm³/mol. The highest BCUT2D eigenvalue weighted by molar-refractivity contribution is 6.33. The quantitative estimate of drug-likeness (QED) is 0.912. The number of halogens is 1. The number of rotatable bonds is 4. The maximum Gasteiger partial charge on any atom is 0.337 e. The zero-order chi connectivity index (χ0) is 15.6. The van der Waals surface area contributed by atoms with Crippen molar-refractivity contribution in [3.05, 3.63) is 52.3 Å². The van der Waals surface area contributed by atoms with E-state index in [9.17, 15) is 14.7 Å². The lowest BCUT2D eigenvalue weighted by molar-refractivity contribution is -0.115. The zero-order valence-electron chi connectivity index (χ0n) is 11.7. The molecular weight excluding hydrogens is 292 g/mol. The molecule has 0 atom stereocenters. The van der Waals surface area contributed by atoms with E-state index >= 15 is 0 Å². The standard InChI is InChI=1S/C15H15ClN2O3/c1-9-8-18(2)12(14(9)15(20)21)7-13(19)17-11-6-4-3-5-10(11)16/h3-6,8H,7H2,1-2H3,(H,17,19)(H,20,21). The van der Waals surface area contributed by atoms with Crippen molar-refractivity contribution < 1.29 is 14.7 Å². The van der Waals surface area contributed by atoms with Crippen LogP contribution < -0.4 is 5.32 Å². The van der Waals surface area contributed by atoms with Crippen molar-refractivity contribution in [3.8, 4) is 0 Å². The second-order valence-corrected chi connectivity index (χ2v) is 5.16. The first-order valence-corrected chi connectivity index (χ1v) is 6.70. The fourth-order valence-corrected chi connectivity index (χ4v) is 2.43. The molecule has 6 heteroatoms. The number of carboxylic acids is 1. The van der Waals surface area contributed by atoms with Crippen LogP contribution in [0.3, 0.4) is 0 Å². The average molecular weight is 307 g/mol. The molecule has 2 N–H and O–H groups in total. The molecule has 0 aliphatic rings. The van der Waals surface area contributed by atoms with Gasteiger partial charge < -0.3 is 15.0 Å². The highest BCUT2D eigenvalue weighted by Gasteiger charge is 2.20. The van der Waals surface area contributed by atoms with Crippen LogP contribution in [0.4, 0.5) is 5.69 Å². The highest BCUT2D eigenvalue weighted by Crippen LogP contribution is 2.22. The Morgan fingerprint density at radius 2 is 2.00 bits per heavy atom. The van der Waals surface area contributed by atoms with Gasteiger partial charge in [0.25, 0.3) is 0 Å². The number of amides is 1. The fourth-order valence-electron chi connectivity index (χ4n) is 2.25. The van der Waals surface area contributed by atoms with Crippen LogP contribution in [0.25, 0.3) is 0 Å². The van der Waals surface area contributed by atoms with Gasteiger partial charge >= 0.3 is 5.97 Å². The van der Waals surface area contributed by atoms with E-state index in [1.54, 1.807) is 49.0 Å². The molecule has 0 fully saturated rings. The molecule has 5 nitrogen and oxygen atoms in total. The summed E-state index contributed by atoms with van der Waals surface area (Å²) in [5, 5.41) is 12.4. The van der Waals surface area contributed by atoms with Gasteiger partial charge in [0.15, 0.2) is 0 Å². The molecule has 0 aliphatic carbocycles. The summed E-state index contributed by atoms with van der Waals surface area (Å²) < 4.78 is 1.66. The van der Waals surface area contributed by atoms with Crippen molar-refractivity contribution in [3.63, 3.8) is 0 Å². The third-order valence-electron chi connectivity index (χ3n) is 3.19. The molecule has 0 bridgehead atoms. The van der Waals surface area contributed by atoms with E-state index in [4.69, 9.17) is 11.6 Å². The molecule has 1 heterocycles. The van der Waals surface area contributed by atoms with Gasteiger partial charge in [-0.1, -0.05) is 23.7 Å². The number of carboxylic acid groups (broad SMARTS) is 1. The summed E-state index contributed by atoms with van der Waals surface area (Å²) in [7, 11) is 1.72. The summed E-state index contributed by atoms with van der Waals surface area (Å²) in [5.41, 5.74) is 1.77. The summed E-state index contributed by atoms with van der Waals surface area (Å²) in [4.78, 5) is 23.4. The summed E-state index contributed by atoms with van der Waals surface area (Å²) >= 11 is 5.97. The minimum absolute atomic E-state index is 0.0306. The maximum absolute atomic E-state index is 12.1. The molecular formula is C15H15ClN2O3. The number of benzene rings is 1. The van der Waals surface area contributed by atoms with Gasteiger partial charge in [-0.05, 0) is 24.6 Å². The molecule has 2 aromatic rings. The van der Waals surface area contributed by atoms with Gasteiger partial charge in [-0.2, -0.15) is 0 Å². The fraction of sp³-hybridized carbons (Fsp3) is 0.200. The minimum atomic E-state index is -1.03. The summed E-state index contributed by atoms with van der Waals surface area (Å²) in [6, 6.07) is 6.89. The van der Waals surface area contributed by atoms with E-state index in [1.165, 1.54) is 0 Å². The van der Waals surface area contributed by atoms with Crippen LogP contribution in [-0.4, -0.2) is 21.6 Å². The van der Waals surface area contributed by atoms with Crippen LogP contribution in [0.15, 0.2) is 30.5 Å². The molecule has 0 spiro atoms. The third kappa shape index (κ3) is 3.25. The lowest BCUT2D eigenvalue weighted by atomic mass is 10.1. The average Bonchev–Trinajstić information content (AvgIpc) is 2.67. The van der Waals surface area contributed by atoms with Crippen LogP contribution in [-0.2, 0) is 18.3 Å². The van der Waals surface area contributed by atoms with Gasteiger partial charge in [0.05, 0.1) is 22.7 Å². The van der Waals surface area contributed by atoms with Gasteiger partial charge in [0.1, 0.15) is 0 Å². The van der Waals surface area contributed by atoms with E-state index in [2.05, 4.69) is 5.32 Å². The lowest BCUT2D eigenvalue weighted by Crippen LogP contribution is -2.18. The Bertz CT molecular complexity index is 707. The smallest absolute Gasteiger partial charge is 0.337 e. The molecule has 21 heavy (non-hydrogen) atoms. The molecule has 0 radical (unpaired) electrons. The number of aromatic carboxylic acids is 1. The maximum atomic E-state index is 12.1. The molecule has 1 amide bonds. The van der Waals surface area contributed by atoms with Gasteiger partial charge in [-0.3, -0.25) is 4.79 Å². The third-order valence-corrected chi connectivity index (χ3v) is 3.52. The van der Waals surface area contributed by atoms with E-state index in [0.717, 1.165) is 0 Å². The monoisotopic (exact) mass is 306 g/mol. The Kier molecular flexibility index (Phi) is 4.33. The summed E-state index contributed by atoms with van der Waals surface area (Å²) in [6.07, 6.45) is 1.67. The Morgan fingerprint density at radius 1 is 1.33 bits per heavy atom. The van der Waals surface area contributed by atoms with Crippen LogP contribution in [0.2, 0.25) is 5.02 Å². The molecule has 1 aromatic carbocycles. The van der Waals surface area contributed by atoms with Crippen molar-refractivity contribution in [1.82, 2.24) is 4.57 Å². The number of nitrogens with zero attached hydrogens (tertiary/aromatic N) is 1. The number of para-hydroxylation sites is 1. The number of hydrogen-bond acceptors (Lipinski definition) is 2. The summed E-state index contributed by atoms with van der Waals surface area (Å²) in [5.74, 6) is -1.35. The Hall–Kier alpha value is -2.27. The van der Waals surface area contributed by atoms with Gasteiger partial charge in [0.2, 0.25) is 5.91 Å². The number of nitrogens with one attached hydrogen (secondary N) is 1. The first-order valence-electron chi connectivity index (χ1n) is 6.32. The van der Waals surface area contributed by atoms with E-state index < -0.39 is 5.97 Å². The van der Waals surface area contributed by atoms with Gasteiger partial charge in [0, 0.05) is 18.9 Å². The Labute approximate surface area is 127 Å². The second kappa shape index (κ2) is 6.01. The number of hydrogen-bond donors (Lipinski definition) is 2. The predicted octanol–water partition coefficient (Wildman–Crippen LogP) is 2.87. The largest absolute Gasteiger partial charge is 0.478 e. The van der Waals surface area contributed by atoms with Gasteiger partial charge in [-0.25, -0.2) is 4.79 Å². The van der Waals surface area contributed by atoms with E-state index in [1.807, 2.05) is 0 Å². The van der Waals surface area contributed by atoms with Crippen LogP contribution in [0, 0.1) is 6.92 Å². The van der Waals surface area contributed by atoms with Crippen molar-refractivity contribution >= 4 is 29.2 Å². The SMILES string of the molecule is Cc1cn(C)c(CC(=O)Nc2ccccc2Cl)c1C(=O)O. The molecule has 110 valence electrons. The molecule has 0 aliphatic heterocycles. The minimum Gasteiger partial charge on any atom is -0.478 e. The first-order chi connectivity index (χ1) is 9.90. The number of carbonyl (C=O) groups excluding carboxylic acids is 1. The molecule has 0 unspecified atom stereocenters. The van der Waals surface area contributed by atoms with Crippen molar-refractivity contribution in [2.24, 2.45) is 7.05 Å². The Morgan fingerprint density at radius 3 is 2.62 bits per heavy atom. The molecule has 2 rings (SSSR count).